The Labute approximate surface area is 119 Å². The number of nitrogens with zero attached hydrogens (tertiary/aromatic N) is 3. The molecule has 0 N–H and O–H groups in total. The molecule has 0 amide bonds. The van der Waals surface area contributed by atoms with Crippen LogP contribution in [0.5, 0.6) is 0 Å². The summed E-state index contributed by atoms with van der Waals surface area (Å²) in [5.74, 6) is 0.154. The third kappa shape index (κ3) is 2.88. The van der Waals surface area contributed by atoms with Gasteiger partial charge in [-0.25, -0.2) is 11.9 Å². The van der Waals surface area contributed by atoms with Crippen LogP contribution < -0.4 is 0 Å². The molecule has 1 aromatic heterocycles. The molecule has 2 rings (SSSR count). The molecule has 2 aromatic rings. The maximum absolute atomic E-state index is 8.73. The van der Waals surface area contributed by atoms with Gasteiger partial charge in [-0.2, -0.15) is 11.3 Å². The fourth-order valence-corrected chi connectivity index (χ4v) is 1.30. The van der Waals surface area contributed by atoms with Crippen LogP contribution in [0.15, 0.2) is 36.4 Å². The molecule has 0 bridgehead atoms. The molecule has 0 saturated heterocycles. The summed E-state index contributed by atoms with van der Waals surface area (Å²) in [6.45, 7) is 3.71. The largest absolute Gasteiger partial charge is 0.259 e. The van der Waals surface area contributed by atoms with Crippen molar-refractivity contribution in [3.63, 3.8) is 0 Å². The van der Waals surface area contributed by atoms with Crippen molar-refractivity contribution >= 4 is 0 Å². The molecule has 3 nitrogen and oxygen atoms in total. The Morgan fingerprint density at radius 3 is 2.44 bits per heavy atom. The van der Waals surface area contributed by atoms with E-state index in [1.165, 1.54) is 0 Å². The molecule has 1 heterocycles. The van der Waals surface area contributed by atoms with Gasteiger partial charge >= 0.3 is 0 Å². The predicted molar refractivity (Wildman–Crippen MR) is 56.6 cm³/mol. The number of rotatable bonds is 1. The summed E-state index contributed by atoms with van der Waals surface area (Å²) in [5, 5.41) is 8.73. The summed E-state index contributed by atoms with van der Waals surface area (Å²) in [7, 11) is 0. The number of hydrogen-bond acceptors (Lipinski definition) is 3. The molecular weight excluding hydrogens is 275 g/mol. The maximum atomic E-state index is 8.73. The van der Waals surface area contributed by atoms with E-state index in [0.29, 0.717) is 5.69 Å². The van der Waals surface area contributed by atoms with Gasteiger partial charge < -0.3 is 0 Å². The maximum Gasteiger partial charge on any atom is 0.228 e. The molecule has 1 aromatic carbocycles. The van der Waals surface area contributed by atoms with Crippen LogP contribution >= 0.6 is 0 Å². The molecule has 0 aliphatic carbocycles. The molecule has 75 valence electrons. The fourth-order valence-electron chi connectivity index (χ4n) is 1.30. The van der Waals surface area contributed by atoms with E-state index in [0.717, 1.165) is 11.3 Å². The molecule has 0 aliphatic rings. The van der Waals surface area contributed by atoms with Gasteiger partial charge in [-0.3, -0.25) is 4.98 Å². The van der Waals surface area contributed by atoms with Gasteiger partial charge in [0.25, 0.3) is 0 Å². The van der Waals surface area contributed by atoms with Crippen molar-refractivity contribution in [2.45, 2.75) is 0 Å². The zero-order valence-electron chi connectivity index (χ0n) is 8.59. The minimum atomic E-state index is 0. The zero-order chi connectivity index (χ0) is 10.7. The first-order valence-corrected chi connectivity index (χ1v) is 4.46. The van der Waals surface area contributed by atoms with Gasteiger partial charge in [0.05, 0.1) is 0 Å². The Morgan fingerprint density at radius 2 is 1.81 bits per heavy atom. The molecule has 0 atom stereocenters. The van der Waals surface area contributed by atoms with Crippen molar-refractivity contribution < 1.29 is 32.7 Å². The van der Waals surface area contributed by atoms with Crippen molar-refractivity contribution in [1.82, 2.24) is 9.97 Å². The van der Waals surface area contributed by atoms with Gasteiger partial charge in [0.2, 0.25) is 5.82 Å². The van der Waals surface area contributed by atoms with Crippen molar-refractivity contribution in [1.29, 1.82) is 5.26 Å². The van der Waals surface area contributed by atoms with E-state index in [1.54, 1.807) is 6.07 Å². The van der Waals surface area contributed by atoms with Crippen molar-refractivity contribution in [2.75, 3.05) is 0 Å². The van der Waals surface area contributed by atoms with Crippen molar-refractivity contribution in [2.24, 2.45) is 0 Å². The van der Waals surface area contributed by atoms with E-state index in [2.05, 4.69) is 16.9 Å². The fraction of sp³-hybridized carbons (Fsp3) is 0. The summed E-state index contributed by atoms with van der Waals surface area (Å²) >= 11 is 0. The van der Waals surface area contributed by atoms with Crippen LogP contribution in [0, 0.1) is 18.3 Å². The topological polar surface area (TPSA) is 49.6 Å². The Balaban J connectivity index is 0.00000128. The van der Waals surface area contributed by atoms with E-state index in [1.807, 2.05) is 36.4 Å². The Hall–Kier alpha value is -1.24. The van der Waals surface area contributed by atoms with Crippen LogP contribution in [-0.4, -0.2) is 9.97 Å². The number of nitriles is 1. The summed E-state index contributed by atoms with van der Waals surface area (Å²) in [6, 6.07) is 13.3. The first kappa shape index (κ1) is 12.8. The Kier molecular flexibility index (Phi) is 4.60. The molecule has 0 spiro atoms. The SMILES string of the molecule is [CH2-]c1cc(-c2ccccc2)nc(C#N)n1.[Y]. The van der Waals surface area contributed by atoms with Crippen LogP contribution in [0.1, 0.15) is 11.5 Å². The van der Waals surface area contributed by atoms with E-state index in [-0.39, 0.29) is 38.5 Å². The Morgan fingerprint density at radius 1 is 1.12 bits per heavy atom. The van der Waals surface area contributed by atoms with Gasteiger partial charge in [-0.05, 0) is 11.3 Å². The summed E-state index contributed by atoms with van der Waals surface area (Å²) in [6.07, 6.45) is 0. The summed E-state index contributed by atoms with van der Waals surface area (Å²) in [4.78, 5) is 8.00. The average molecular weight is 283 g/mol. The monoisotopic (exact) mass is 283 g/mol. The molecule has 1 radical (unpaired) electrons. The molecule has 4 heteroatoms. The van der Waals surface area contributed by atoms with E-state index in [4.69, 9.17) is 5.26 Å². The molecule has 0 saturated carbocycles. The Bertz CT molecular complexity index is 518. The average Bonchev–Trinajstić information content (AvgIpc) is 2.29. The van der Waals surface area contributed by atoms with Crippen LogP contribution in [0.4, 0.5) is 0 Å². The second-order valence-electron chi connectivity index (χ2n) is 3.05. The van der Waals surface area contributed by atoms with Crippen LogP contribution in [0.2, 0.25) is 0 Å². The third-order valence-electron chi connectivity index (χ3n) is 1.95. The summed E-state index contributed by atoms with van der Waals surface area (Å²) in [5.41, 5.74) is 2.24. The van der Waals surface area contributed by atoms with Crippen molar-refractivity contribution in [3.8, 4) is 17.3 Å². The van der Waals surface area contributed by atoms with Gasteiger partial charge in [-0.15, -0.1) is 0 Å². The molecule has 0 aliphatic heterocycles. The summed E-state index contributed by atoms with van der Waals surface area (Å²) < 4.78 is 0. The van der Waals surface area contributed by atoms with Gasteiger partial charge in [0, 0.05) is 32.7 Å². The molecular formula is C12H8N3Y-. The van der Waals surface area contributed by atoms with Gasteiger partial charge in [-0.1, -0.05) is 36.0 Å². The van der Waals surface area contributed by atoms with E-state index >= 15 is 0 Å². The quantitative estimate of drug-likeness (QED) is 0.754. The third-order valence-corrected chi connectivity index (χ3v) is 1.95. The van der Waals surface area contributed by atoms with Crippen LogP contribution in [-0.2, 0) is 32.7 Å². The number of aromatic nitrogens is 2. The minimum Gasteiger partial charge on any atom is -0.259 e. The van der Waals surface area contributed by atoms with Crippen LogP contribution in [0.25, 0.3) is 11.3 Å². The predicted octanol–water partition coefficient (Wildman–Crippen LogP) is 2.19. The number of hydrogen-bond donors (Lipinski definition) is 0. The molecule has 16 heavy (non-hydrogen) atoms. The zero-order valence-corrected chi connectivity index (χ0v) is 11.4. The first-order valence-electron chi connectivity index (χ1n) is 4.46. The van der Waals surface area contributed by atoms with E-state index < -0.39 is 0 Å². The first-order chi connectivity index (χ1) is 7.29. The minimum absolute atomic E-state index is 0. The van der Waals surface area contributed by atoms with Crippen molar-refractivity contribution in [3.05, 3.63) is 54.8 Å². The normalized spacial score (nSPS) is 8.94. The van der Waals surface area contributed by atoms with E-state index in [9.17, 15) is 0 Å². The second kappa shape index (κ2) is 5.74. The standard InChI is InChI=1S/C12H8N3.Y/c1-9-7-11(15-12(8-13)14-9)10-5-3-2-4-6-10;/h2-7H,1H2;/q-1;. The van der Waals surface area contributed by atoms with Gasteiger partial charge in [0.15, 0.2) is 0 Å². The van der Waals surface area contributed by atoms with Crippen LogP contribution in [0.3, 0.4) is 0 Å². The smallest absolute Gasteiger partial charge is 0.228 e. The van der Waals surface area contributed by atoms with Gasteiger partial charge in [0.1, 0.15) is 6.07 Å². The molecule has 0 unspecified atom stereocenters. The molecule has 0 fully saturated rings. The number of benzene rings is 1. The second-order valence-corrected chi connectivity index (χ2v) is 3.05.